The third-order valence-electron chi connectivity index (χ3n) is 2.65. The van der Waals surface area contributed by atoms with Gasteiger partial charge in [-0.05, 0) is 19.1 Å². The number of aryl methyl sites for hydroxylation is 1. The summed E-state index contributed by atoms with van der Waals surface area (Å²) in [4.78, 5) is 37.2. The lowest BCUT2D eigenvalue weighted by Crippen LogP contribution is -2.43. The van der Waals surface area contributed by atoms with Crippen LogP contribution in [-0.4, -0.2) is 33.2 Å². The molecule has 2 atom stereocenters. The van der Waals surface area contributed by atoms with Crippen molar-refractivity contribution in [3.8, 4) is 0 Å². The number of hydrogen-bond acceptors (Lipinski definition) is 5. The Morgan fingerprint density at radius 1 is 1.44 bits per heavy atom. The minimum Gasteiger partial charge on any atom is -0.393 e. The third kappa shape index (κ3) is 2.05. The maximum atomic E-state index is 11.8. The second kappa shape index (κ2) is 4.71. The Morgan fingerprint density at radius 2 is 2.17 bits per heavy atom. The predicted molar refractivity (Wildman–Crippen MR) is 61.2 cm³/mol. The van der Waals surface area contributed by atoms with Gasteiger partial charge in [0.25, 0.3) is 5.56 Å². The fraction of sp³-hybridized carbons (Fsp3) is 0.364. The van der Waals surface area contributed by atoms with E-state index in [4.69, 9.17) is 9.84 Å². The van der Waals surface area contributed by atoms with Gasteiger partial charge in [0, 0.05) is 11.8 Å². The van der Waals surface area contributed by atoms with Gasteiger partial charge < -0.3 is 14.8 Å². The Balaban J connectivity index is 2.48. The number of hydrogen-bond donors (Lipinski definition) is 2. The molecule has 0 radical (unpaired) electrons. The first-order valence-electron chi connectivity index (χ1n) is 5.34. The van der Waals surface area contributed by atoms with Crippen molar-refractivity contribution >= 4 is 5.78 Å². The number of aromatic amines is 1. The molecular formula is C11H12N2O5. The van der Waals surface area contributed by atoms with Crippen molar-refractivity contribution in [1.29, 1.82) is 0 Å². The highest BCUT2D eigenvalue weighted by Crippen LogP contribution is 2.15. The number of rotatable bonds is 2. The van der Waals surface area contributed by atoms with Crippen LogP contribution in [0.25, 0.3) is 0 Å². The van der Waals surface area contributed by atoms with Crippen LogP contribution >= 0.6 is 0 Å². The molecule has 2 unspecified atom stereocenters. The van der Waals surface area contributed by atoms with Crippen LogP contribution in [0.3, 0.4) is 0 Å². The van der Waals surface area contributed by atoms with Crippen molar-refractivity contribution in [2.24, 2.45) is 0 Å². The van der Waals surface area contributed by atoms with E-state index < -0.39 is 36.0 Å². The highest BCUT2D eigenvalue weighted by Gasteiger charge is 2.27. The molecule has 0 bridgehead atoms. The predicted octanol–water partition coefficient (Wildman–Crippen LogP) is -1.14. The average molecular weight is 252 g/mol. The molecule has 0 saturated heterocycles. The monoisotopic (exact) mass is 252 g/mol. The molecule has 0 spiro atoms. The van der Waals surface area contributed by atoms with Crippen molar-refractivity contribution in [2.75, 3.05) is 6.61 Å². The normalized spacial score (nSPS) is 23.3. The molecular weight excluding hydrogens is 240 g/mol. The smallest absolute Gasteiger partial charge is 0.330 e. The molecule has 7 heteroatoms. The molecule has 0 saturated carbocycles. The first kappa shape index (κ1) is 12.5. The molecule has 96 valence electrons. The Bertz CT molecular complexity index is 613. The van der Waals surface area contributed by atoms with Crippen LogP contribution < -0.4 is 11.2 Å². The van der Waals surface area contributed by atoms with E-state index in [0.29, 0.717) is 5.56 Å². The summed E-state index contributed by atoms with van der Waals surface area (Å²) in [5.41, 5.74) is -0.783. The molecule has 2 N–H and O–H groups in total. The molecule has 0 fully saturated rings. The number of aliphatic hydroxyl groups excluding tert-OH is 1. The van der Waals surface area contributed by atoms with E-state index in [1.54, 1.807) is 6.92 Å². The van der Waals surface area contributed by atoms with Gasteiger partial charge in [-0.3, -0.25) is 9.59 Å². The van der Waals surface area contributed by atoms with Crippen LogP contribution in [0, 0.1) is 6.92 Å². The van der Waals surface area contributed by atoms with Gasteiger partial charge in [-0.25, -0.2) is 9.36 Å². The quantitative estimate of drug-likeness (QED) is 0.692. The van der Waals surface area contributed by atoms with Crippen LogP contribution in [0.4, 0.5) is 0 Å². The summed E-state index contributed by atoms with van der Waals surface area (Å²) < 4.78 is 6.07. The van der Waals surface area contributed by atoms with Gasteiger partial charge >= 0.3 is 5.69 Å². The van der Waals surface area contributed by atoms with Crippen LogP contribution in [0.1, 0.15) is 11.8 Å². The number of carbonyl (C=O) groups is 1. The number of aromatic nitrogens is 2. The second-order valence-corrected chi connectivity index (χ2v) is 3.91. The number of carbonyl (C=O) groups excluding carboxylic acids is 1. The van der Waals surface area contributed by atoms with Gasteiger partial charge in [-0.2, -0.15) is 0 Å². The zero-order valence-corrected chi connectivity index (χ0v) is 9.62. The maximum Gasteiger partial charge on any atom is 0.330 e. The van der Waals surface area contributed by atoms with Crippen molar-refractivity contribution in [1.82, 2.24) is 9.55 Å². The van der Waals surface area contributed by atoms with Crippen molar-refractivity contribution in [2.45, 2.75) is 19.3 Å². The van der Waals surface area contributed by atoms with Gasteiger partial charge in [0.2, 0.25) is 0 Å². The number of H-pyrrole nitrogens is 1. The SMILES string of the molecule is Cc1c[nH]c(=O)n(C2C=CC(=O)C(CO)O2)c1=O. The van der Waals surface area contributed by atoms with Gasteiger partial charge in [0.15, 0.2) is 12.0 Å². The highest BCUT2D eigenvalue weighted by atomic mass is 16.5. The van der Waals surface area contributed by atoms with E-state index in [1.807, 2.05) is 0 Å². The minimum absolute atomic E-state index is 0.351. The maximum absolute atomic E-state index is 11.8. The number of ketones is 1. The van der Waals surface area contributed by atoms with Crippen molar-refractivity contribution in [3.63, 3.8) is 0 Å². The molecule has 0 amide bonds. The molecule has 2 heterocycles. The molecule has 0 aromatic carbocycles. The molecule has 2 rings (SSSR count). The Morgan fingerprint density at radius 3 is 2.83 bits per heavy atom. The van der Waals surface area contributed by atoms with Crippen LogP contribution in [-0.2, 0) is 9.53 Å². The fourth-order valence-corrected chi connectivity index (χ4v) is 1.66. The summed E-state index contributed by atoms with van der Waals surface area (Å²) in [5, 5.41) is 8.97. The third-order valence-corrected chi connectivity index (χ3v) is 2.65. The van der Waals surface area contributed by atoms with Gasteiger partial charge in [0.05, 0.1) is 6.61 Å². The average Bonchev–Trinajstić information content (AvgIpc) is 2.36. The first-order chi connectivity index (χ1) is 8.54. The lowest BCUT2D eigenvalue weighted by atomic mass is 10.2. The zero-order chi connectivity index (χ0) is 13.3. The lowest BCUT2D eigenvalue weighted by molar-refractivity contribution is -0.137. The molecule has 18 heavy (non-hydrogen) atoms. The van der Waals surface area contributed by atoms with E-state index >= 15 is 0 Å². The summed E-state index contributed by atoms with van der Waals surface area (Å²) in [6.07, 6.45) is 1.78. The first-order valence-corrected chi connectivity index (χ1v) is 5.34. The van der Waals surface area contributed by atoms with E-state index in [9.17, 15) is 14.4 Å². The zero-order valence-electron chi connectivity index (χ0n) is 9.62. The molecule has 1 aliphatic rings. The van der Waals surface area contributed by atoms with Crippen molar-refractivity contribution in [3.05, 3.63) is 44.8 Å². The number of ether oxygens (including phenoxy) is 1. The highest BCUT2D eigenvalue weighted by molar-refractivity contribution is 5.94. The number of nitrogens with zero attached hydrogens (tertiary/aromatic N) is 1. The molecule has 1 aromatic rings. The largest absolute Gasteiger partial charge is 0.393 e. The van der Waals surface area contributed by atoms with Crippen LogP contribution in [0.5, 0.6) is 0 Å². The van der Waals surface area contributed by atoms with Crippen LogP contribution in [0.2, 0.25) is 0 Å². The lowest BCUT2D eigenvalue weighted by Gasteiger charge is -2.24. The van der Waals surface area contributed by atoms with Crippen molar-refractivity contribution < 1.29 is 14.6 Å². The Labute approximate surface area is 101 Å². The minimum atomic E-state index is -1.05. The summed E-state index contributed by atoms with van der Waals surface area (Å²) >= 11 is 0. The Hall–Kier alpha value is -1.99. The van der Waals surface area contributed by atoms with E-state index in [-0.39, 0.29) is 0 Å². The van der Waals surface area contributed by atoms with E-state index in [0.717, 1.165) is 4.57 Å². The summed E-state index contributed by atoms with van der Waals surface area (Å²) in [6, 6.07) is 0. The topological polar surface area (TPSA) is 101 Å². The molecule has 1 aromatic heterocycles. The van der Waals surface area contributed by atoms with E-state index in [2.05, 4.69) is 4.98 Å². The molecule has 1 aliphatic heterocycles. The number of nitrogens with one attached hydrogen (secondary N) is 1. The summed E-state index contributed by atoms with van der Waals surface area (Å²) in [6.45, 7) is 1.05. The van der Waals surface area contributed by atoms with Gasteiger partial charge in [-0.15, -0.1) is 0 Å². The van der Waals surface area contributed by atoms with Gasteiger partial charge in [-0.1, -0.05) is 0 Å². The van der Waals surface area contributed by atoms with E-state index in [1.165, 1.54) is 18.3 Å². The summed E-state index contributed by atoms with van der Waals surface area (Å²) in [7, 11) is 0. The standard InChI is InChI=1S/C11H12N2O5/c1-6-4-12-11(17)13(10(6)16)9-3-2-7(15)8(5-14)18-9/h2-4,8-9,14H,5H2,1H3,(H,12,17). The number of aliphatic hydroxyl groups is 1. The van der Waals surface area contributed by atoms with Crippen LogP contribution in [0.15, 0.2) is 27.9 Å². The fourth-order valence-electron chi connectivity index (χ4n) is 1.66. The Kier molecular flexibility index (Phi) is 3.26. The van der Waals surface area contributed by atoms with Gasteiger partial charge in [0.1, 0.15) is 6.10 Å². The molecule has 7 nitrogen and oxygen atoms in total. The molecule has 0 aliphatic carbocycles. The second-order valence-electron chi connectivity index (χ2n) is 3.91. The summed E-state index contributed by atoms with van der Waals surface area (Å²) in [5.74, 6) is -0.397.